The van der Waals surface area contributed by atoms with E-state index < -0.39 is 0 Å². The van der Waals surface area contributed by atoms with Gasteiger partial charge < -0.3 is 10.4 Å². The summed E-state index contributed by atoms with van der Waals surface area (Å²) >= 11 is 7.87. The van der Waals surface area contributed by atoms with Crippen molar-refractivity contribution in [3.05, 3.63) is 28.8 Å². The van der Waals surface area contributed by atoms with E-state index in [1.54, 1.807) is 11.8 Å². The number of aliphatic hydroxyl groups excluding tert-OH is 1. The van der Waals surface area contributed by atoms with Gasteiger partial charge in [-0.1, -0.05) is 24.6 Å². The maximum Gasteiger partial charge on any atom is 0.0545 e. The molecule has 0 radical (unpaired) electrons. The van der Waals surface area contributed by atoms with Crippen molar-refractivity contribution < 1.29 is 5.11 Å². The molecule has 0 aromatic heterocycles. The Labute approximate surface area is 106 Å². The van der Waals surface area contributed by atoms with E-state index >= 15 is 0 Å². The molecule has 1 aromatic rings. The third kappa shape index (κ3) is 4.34. The molecule has 0 aliphatic rings. The quantitative estimate of drug-likeness (QED) is 0.771. The lowest BCUT2D eigenvalue weighted by atomic mass is 10.2. The van der Waals surface area contributed by atoms with Gasteiger partial charge in [-0.2, -0.15) is 0 Å². The number of nitrogens with one attached hydrogen (secondary N) is 1. The van der Waals surface area contributed by atoms with Gasteiger partial charge in [0, 0.05) is 23.8 Å². The normalized spacial score (nSPS) is 12.8. The Morgan fingerprint density at radius 1 is 1.50 bits per heavy atom. The van der Waals surface area contributed by atoms with Gasteiger partial charge in [-0.3, -0.25) is 0 Å². The van der Waals surface area contributed by atoms with Crippen molar-refractivity contribution in [3.63, 3.8) is 0 Å². The zero-order valence-corrected chi connectivity index (χ0v) is 11.2. The second-order valence-corrected chi connectivity index (χ2v) is 5.36. The van der Waals surface area contributed by atoms with Gasteiger partial charge in [0.25, 0.3) is 0 Å². The van der Waals surface area contributed by atoms with Crippen molar-refractivity contribution in [2.75, 3.05) is 19.4 Å². The van der Waals surface area contributed by atoms with Gasteiger partial charge in [0.15, 0.2) is 0 Å². The van der Waals surface area contributed by atoms with Crippen LogP contribution in [0.15, 0.2) is 23.1 Å². The van der Waals surface area contributed by atoms with E-state index in [0.717, 1.165) is 22.2 Å². The van der Waals surface area contributed by atoms with Crippen LogP contribution < -0.4 is 5.32 Å². The summed E-state index contributed by atoms with van der Waals surface area (Å²) in [6.45, 7) is 3.08. The zero-order chi connectivity index (χ0) is 12.0. The molecule has 0 saturated carbocycles. The highest BCUT2D eigenvalue weighted by atomic mass is 35.5. The van der Waals surface area contributed by atoms with Crippen LogP contribution >= 0.6 is 23.4 Å². The number of rotatable bonds is 6. The van der Waals surface area contributed by atoms with Gasteiger partial charge in [0.1, 0.15) is 0 Å². The minimum atomic E-state index is 0.225. The van der Waals surface area contributed by atoms with Gasteiger partial charge in [-0.05, 0) is 30.7 Å². The van der Waals surface area contributed by atoms with Crippen LogP contribution in [-0.2, 0) is 6.54 Å². The summed E-state index contributed by atoms with van der Waals surface area (Å²) in [5.41, 5.74) is 1.19. The second kappa shape index (κ2) is 7.17. The molecule has 0 saturated heterocycles. The van der Waals surface area contributed by atoms with Crippen LogP contribution in [0.25, 0.3) is 0 Å². The van der Waals surface area contributed by atoms with Crippen molar-refractivity contribution in [3.8, 4) is 0 Å². The molecule has 0 fully saturated rings. The maximum absolute atomic E-state index is 8.94. The van der Waals surface area contributed by atoms with Crippen molar-refractivity contribution >= 4 is 23.4 Å². The first kappa shape index (κ1) is 13.8. The topological polar surface area (TPSA) is 32.3 Å². The van der Waals surface area contributed by atoms with Gasteiger partial charge in [0.05, 0.1) is 5.02 Å². The summed E-state index contributed by atoms with van der Waals surface area (Å²) in [6, 6.07) is 6.11. The molecular weight excluding hydrogens is 242 g/mol. The van der Waals surface area contributed by atoms with E-state index in [2.05, 4.69) is 11.4 Å². The van der Waals surface area contributed by atoms with Gasteiger partial charge in [-0.15, -0.1) is 11.8 Å². The monoisotopic (exact) mass is 259 g/mol. The molecule has 2 N–H and O–H groups in total. The summed E-state index contributed by atoms with van der Waals surface area (Å²) in [4.78, 5) is 1.09. The van der Waals surface area contributed by atoms with E-state index in [0.29, 0.717) is 5.92 Å². The van der Waals surface area contributed by atoms with Crippen LogP contribution in [0.4, 0.5) is 0 Å². The Morgan fingerprint density at radius 2 is 2.25 bits per heavy atom. The number of halogens is 1. The molecule has 2 nitrogen and oxygen atoms in total. The lowest BCUT2D eigenvalue weighted by Crippen LogP contribution is -2.05. The molecule has 0 spiro atoms. The molecule has 1 aromatic carbocycles. The van der Waals surface area contributed by atoms with Crippen LogP contribution in [0.1, 0.15) is 12.5 Å². The van der Waals surface area contributed by atoms with Crippen molar-refractivity contribution in [1.29, 1.82) is 0 Å². The summed E-state index contributed by atoms with van der Waals surface area (Å²) < 4.78 is 0. The molecule has 0 aliphatic heterocycles. The van der Waals surface area contributed by atoms with E-state index in [1.807, 2.05) is 26.1 Å². The average molecular weight is 260 g/mol. The number of hydrogen-bond acceptors (Lipinski definition) is 3. The Kier molecular flexibility index (Phi) is 6.21. The summed E-state index contributed by atoms with van der Waals surface area (Å²) in [6.07, 6.45) is 0. The maximum atomic E-state index is 8.94. The Bertz CT molecular complexity index is 333. The fourth-order valence-corrected chi connectivity index (χ4v) is 2.56. The molecule has 1 unspecified atom stereocenters. The molecule has 0 bridgehead atoms. The van der Waals surface area contributed by atoms with Crippen LogP contribution in [0.2, 0.25) is 5.02 Å². The molecule has 16 heavy (non-hydrogen) atoms. The minimum absolute atomic E-state index is 0.225. The Balaban J connectivity index is 2.60. The van der Waals surface area contributed by atoms with Gasteiger partial charge in [-0.25, -0.2) is 0 Å². The van der Waals surface area contributed by atoms with Crippen molar-refractivity contribution in [1.82, 2.24) is 5.32 Å². The average Bonchev–Trinajstić information content (AvgIpc) is 2.28. The number of hydrogen-bond donors (Lipinski definition) is 2. The molecular formula is C12H18ClNOS. The largest absolute Gasteiger partial charge is 0.396 e. The molecule has 0 amide bonds. The van der Waals surface area contributed by atoms with E-state index in [4.69, 9.17) is 16.7 Å². The molecule has 1 rings (SSSR count). The highest BCUT2D eigenvalue weighted by Crippen LogP contribution is 2.29. The fraction of sp³-hybridized carbons (Fsp3) is 0.500. The summed E-state index contributed by atoms with van der Waals surface area (Å²) in [5.74, 6) is 1.19. The van der Waals surface area contributed by atoms with Crippen LogP contribution in [-0.4, -0.2) is 24.5 Å². The first-order valence-corrected chi connectivity index (χ1v) is 6.70. The highest BCUT2D eigenvalue weighted by molar-refractivity contribution is 7.99. The minimum Gasteiger partial charge on any atom is -0.396 e. The smallest absolute Gasteiger partial charge is 0.0545 e. The third-order valence-electron chi connectivity index (χ3n) is 2.21. The van der Waals surface area contributed by atoms with Gasteiger partial charge >= 0.3 is 0 Å². The predicted molar refractivity (Wildman–Crippen MR) is 71.2 cm³/mol. The SMILES string of the molecule is CNCc1ccc(SCC(C)CO)c(Cl)c1. The Morgan fingerprint density at radius 3 is 2.81 bits per heavy atom. The molecule has 0 aliphatic carbocycles. The lowest BCUT2D eigenvalue weighted by Gasteiger charge is -2.09. The van der Waals surface area contributed by atoms with Crippen LogP contribution in [0.5, 0.6) is 0 Å². The predicted octanol–water partition coefficient (Wildman–Crippen LogP) is 2.78. The highest BCUT2D eigenvalue weighted by Gasteiger charge is 2.05. The van der Waals surface area contributed by atoms with E-state index in [9.17, 15) is 0 Å². The number of aliphatic hydroxyl groups is 1. The Hall–Kier alpha value is -0.220. The number of thioether (sulfide) groups is 1. The van der Waals surface area contributed by atoms with E-state index in [1.165, 1.54) is 5.56 Å². The van der Waals surface area contributed by atoms with Crippen LogP contribution in [0, 0.1) is 5.92 Å². The van der Waals surface area contributed by atoms with E-state index in [-0.39, 0.29) is 6.61 Å². The van der Waals surface area contributed by atoms with Gasteiger partial charge in [0.2, 0.25) is 0 Å². The third-order valence-corrected chi connectivity index (χ3v) is 4.04. The van der Waals surface area contributed by atoms with Crippen LogP contribution in [0.3, 0.4) is 0 Å². The number of benzene rings is 1. The standard InChI is InChI=1S/C12H18ClNOS/c1-9(7-15)8-16-12-4-3-10(6-14-2)5-11(12)13/h3-5,9,14-15H,6-8H2,1-2H3. The summed E-state index contributed by atoms with van der Waals surface area (Å²) in [7, 11) is 1.92. The molecule has 4 heteroatoms. The lowest BCUT2D eigenvalue weighted by molar-refractivity contribution is 0.250. The first-order valence-electron chi connectivity index (χ1n) is 5.34. The fourth-order valence-electron chi connectivity index (χ4n) is 1.26. The van der Waals surface area contributed by atoms with Crippen molar-refractivity contribution in [2.45, 2.75) is 18.4 Å². The molecule has 0 heterocycles. The molecule has 1 atom stereocenters. The second-order valence-electron chi connectivity index (χ2n) is 3.89. The first-order chi connectivity index (χ1) is 7.67. The van der Waals surface area contributed by atoms with Crippen molar-refractivity contribution in [2.24, 2.45) is 5.92 Å². The zero-order valence-electron chi connectivity index (χ0n) is 9.66. The summed E-state index contributed by atoms with van der Waals surface area (Å²) in [5, 5.41) is 12.8. The molecule has 90 valence electrons.